The summed E-state index contributed by atoms with van der Waals surface area (Å²) in [4.78, 5) is 0. The fraction of sp³-hybridized carbons (Fsp3) is 0.391. The van der Waals surface area contributed by atoms with Crippen LogP contribution in [0, 0.1) is 0 Å². The maximum atomic E-state index is 14.0. The first-order valence-electron chi connectivity index (χ1n) is 11.3. The average Bonchev–Trinajstić information content (AvgIpc) is 2.82. The molecule has 0 fully saturated rings. The van der Waals surface area contributed by atoms with Crippen molar-refractivity contribution in [3.63, 3.8) is 0 Å². The second-order valence-electron chi connectivity index (χ2n) is 9.65. The highest BCUT2D eigenvalue weighted by Crippen LogP contribution is 2.59. The topological polar surface area (TPSA) is 113 Å². The normalized spacial score (nSPS) is 15.2. The number of alkyl halides is 18. The van der Waals surface area contributed by atoms with Gasteiger partial charge in [0.15, 0.2) is 0 Å². The molecule has 3 aromatic rings. The van der Waals surface area contributed by atoms with Gasteiger partial charge in [-0.2, -0.15) is 79.0 Å². The molecule has 7 N–H and O–H groups in total. The number of aliphatic hydroxyl groups is 3. The minimum Gasteiger partial charge on any atom is -0.398 e. The number of hydrogen-bond acceptors (Lipinski definition) is 5. The summed E-state index contributed by atoms with van der Waals surface area (Å²) in [5.41, 5.74) is -21.5. The summed E-state index contributed by atoms with van der Waals surface area (Å²) in [6.45, 7) is 0. The van der Waals surface area contributed by atoms with Crippen LogP contribution < -0.4 is 11.5 Å². The van der Waals surface area contributed by atoms with Crippen LogP contribution in [-0.4, -0.2) is 52.4 Å². The van der Waals surface area contributed by atoms with E-state index in [0.29, 0.717) is 0 Å². The first-order chi connectivity index (χ1) is 20.1. The van der Waals surface area contributed by atoms with E-state index >= 15 is 0 Å². The van der Waals surface area contributed by atoms with E-state index in [2.05, 4.69) is 0 Å². The van der Waals surface area contributed by atoms with Crippen molar-refractivity contribution in [1.29, 1.82) is 0 Å². The van der Waals surface area contributed by atoms with Gasteiger partial charge >= 0.3 is 37.1 Å². The summed E-state index contributed by atoms with van der Waals surface area (Å²) < 4.78 is 247. The van der Waals surface area contributed by atoms with Crippen LogP contribution in [0.4, 0.5) is 90.4 Å². The van der Waals surface area contributed by atoms with Gasteiger partial charge in [0.05, 0.1) is 0 Å². The average molecular weight is 706 g/mol. The highest BCUT2D eigenvalue weighted by atomic mass is 19.4. The summed E-state index contributed by atoms with van der Waals surface area (Å²) in [6.07, 6.45) is -41.6. The summed E-state index contributed by atoms with van der Waals surface area (Å²) in [5, 5.41) is 23.4. The Morgan fingerprint density at radius 1 is 0.435 bits per heavy atom. The van der Waals surface area contributed by atoms with Crippen LogP contribution in [0.2, 0.25) is 0 Å². The predicted molar refractivity (Wildman–Crippen MR) is 118 cm³/mol. The number of nitrogens with two attached hydrogens (primary N) is 2. The van der Waals surface area contributed by atoms with Crippen molar-refractivity contribution in [3.05, 3.63) is 47.0 Å². The highest BCUT2D eigenvalue weighted by molar-refractivity contribution is 6.13. The van der Waals surface area contributed by atoms with E-state index in [4.69, 9.17) is 11.5 Å². The smallest absolute Gasteiger partial charge is 0.398 e. The molecule has 46 heavy (non-hydrogen) atoms. The molecule has 23 heteroatoms. The molecule has 0 atom stereocenters. The maximum absolute atomic E-state index is 14.0. The predicted octanol–water partition coefficient (Wildman–Crippen LogP) is 7.09. The van der Waals surface area contributed by atoms with E-state index in [0.717, 1.165) is 0 Å². The third-order valence-electron chi connectivity index (χ3n) is 6.93. The van der Waals surface area contributed by atoms with Gasteiger partial charge in [-0.15, -0.1) is 0 Å². The maximum Gasteiger partial charge on any atom is 0.430 e. The molecule has 0 heterocycles. The zero-order valence-corrected chi connectivity index (χ0v) is 21.2. The van der Waals surface area contributed by atoms with Gasteiger partial charge in [-0.05, 0) is 39.7 Å². The molecule has 0 amide bonds. The lowest BCUT2D eigenvalue weighted by Crippen LogP contribution is -2.56. The molecule has 258 valence electrons. The summed E-state index contributed by atoms with van der Waals surface area (Å²) in [5.74, 6) is 0. The number of nitrogen functional groups attached to an aromatic ring is 2. The largest absolute Gasteiger partial charge is 0.430 e. The second kappa shape index (κ2) is 9.95. The quantitative estimate of drug-likeness (QED) is 0.114. The van der Waals surface area contributed by atoms with Crippen molar-refractivity contribution in [3.8, 4) is 0 Å². The van der Waals surface area contributed by atoms with Crippen LogP contribution in [0.15, 0.2) is 30.3 Å². The molecule has 0 aliphatic heterocycles. The Hall–Kier alpha value is -3.60. The van der Waals surface area contributed by atoms with Gasteiger partial charge in [-0.3, -0.25) is 0 Å². The van der Waals surface area contributed by atoms with Gasteiger partial charge in [-0.25, -0.2) is 0 Å². The first-order valence-corrected chi connectivity index (χ1v) is 11.3. The number of anilines is 2. The molecule has 5 nitrogen and oxygen atoms in total. The number of benzene rings is 3. The Balaban J connectivity index is 2.79. The van der Waals surface area contributed by atoms with Crippen LogP contribution in [0.5, 0.6) is 0 Å². The van der Waals surface area contributed by atoms with Crippen molar-refractivity contribution in [1.82, 2.24) is 0 Å². The van der Waals surface area contributed by atoms with Crippen molar-refractivity contribution in [2.24, 2.45) is 0 Å². The van der Waals surface area contributed by atoms with E-state index in [1.807, 2.05) is 0 Å². The summed E-state index contributed by atoms with van der Waals surface area (Å²) in [6, 6.07) is -0.887. The lowest BCUT2D eigenvalue weighted by molar-refractivity contribution is -0.377. The molecule has 0 bridgehead atoms. The Bertz CT molecular complexity index is 1640. The molecule has 0 spiro atoms. The van der Waals surface area contributed by atoms with Crippen molar-refractivity contribution in [2.45, 2.75) is 53.9 Å². The Morgan fingerprint density at radius 3 is 1.13 bits per heavy atom. The number of halogens is 18. The summed E-state index contributed by atoms with van der Waals surface area (Å²) >= 11 is 0. The van der Waals surface area contributed by atoms with Crippen molar-refractivity contribution < 1.29 is 94.3 Å². The van der Waals surface area contributed by atoms with E-state index in [1.54, 1.807) is 0 Å². The van der Waals surface area contributed by atoms with Crippen LogP contribution in [-0.2, 0) is 16.8 Å². The molecule has 0 aliphatic carbocycles. The van der Waals surface area contributed by atoms with Crippen molar-refractivity contribution in [2.75, 3.05) is 11.5 Å². The number of hydrogen-bond donors (Lipinski definition) is 5. The molecule has 0 saturated carbocycles. The molecular formula is C23H12F18N2O3. The molecule has 3 rings (SSSR count). The Morgan fingerprint density at radius 2 is 0.761 bits per heavy atom. The monoisotopic (exact) mass is 706 g/mol. The highest BCUT2D eigenvalue weighted by Gasteiger charge is 2.76. The zero-order chi connectivity index (χ0) is 36.2. The number of rotatable bonds is 3. The van der Waals surface area contributed by atoms with Crippen LogP contribution in [0.3, 0.4) is 0 Å². The van der Waals surface area contributed by atoms with Gasteiger partial charge in [-0.1, -0.05) is 12.1 Å². The van der Waals surface area contributed by atoms with Gasteiger partial charge in [0.1, 0.15) is 0 Å². The standard InChI is InChI=1S/C23H12F18N2O3/c24-18(25,26)15(44,19(27,28)29)9-3-6-1-2-7-4-10(16(45,20(30,31)32)21(33,34)35)14(43)13(12(7)8(6)5-11(9)42)17(46,22(36,37)38)23(39,40)41/h1-5,44-46H,42-43H2. The fourth-order valence-corrected chi connectivity index (χ4v) is 4.67. The summed E-state index contributed by atoms with van der Waals surface area (Å²) in [7, 11) is 0. The molecule has 3 aromatic carbocycles. The van der Waals surface area contributed by atoms with Gasteiger partial charge in [0.25, 0.3) is 16.8 Å². The second-order valence-corrected chi connectivity index (χ2v) is 9.65. The minimum atomic E-state index is -7.14. The minimum absolute atomic E-state index is 0.0185. The Labute approximate surface area is 240 Å². The van der Waals surface area contributed by atoms with Crippen LogP contribution in [0.1, 0.15) is 16.7 Å². The lowest BCUT2D eigenvalue weighted by atomic mass is 9.78. The van der Waals surface area contributed by atoms with E-state index in [1.165, 1.54) is 0 Å². The van der Waals surface area contributed by atoms with Crippen molar-refractivity contribution >= 4 is 32.9 Å². The van der Waals surface area contributed by atoms with E-state index in [-0.39, 0.29) is 24.3 Å². The van der Waals surface area contributed by atoms with E-state index in [9.17, 15) is 94.3 Å². The lowest BCUT2D eigenvalue weighted by Gasteiger charge is -2.38. The SMILES string of the molecule is Nc1cc2c(ccc3cc(C(O)(C(F)(F)F)C(F)(F)F)c(N)c(C(O)(C(F)(F)F)C(F)(F)F)c32)cc1C(O)(C(F)(F)F)C(F)(F)F. The molecular weight excluding hydrogens is 694 g/mol. The van der Waals surface area contributed by atoms with Crippen LogP contribution >= 0.6 is 0 Å². The van der Waals surface area contributed by atoms with Gasteiger partial charge < -0.3 is 26.8 Å². The zero-order valence-electron chi connectivity index (χ0n) is 21.2. The van der Waals surface area contributed by atoms with Gasteiger partial charge in [0, 0.05) is 28.1 Å². The first kappa shape index (κ1) is 36.9. The number of fused-ring (bicyclic) bond motifs is 3. The van der Waals surface area contributed by atoms with Crippen LogP contribution in [0.25, 0.3) is 21.5 Å². The third-order valence-corrected chi connectivity index (χ3v) is 6.93. The van der Waals surface area contributed by atoms with Gasteiger partial charge in [0.2, 0.25) is 0 Å². The fourth-order valence-electron chi connectivity index (χ4n) is 4.67. The van der Waals surface area contributed by atoms with E-state index < -0.39 is 110 Å². The Kier molecular flexibility index (Phi) is 7.98. The molecule has 0 saturated heterocycles. The molecule has 0 radical (unpaired) electrons. The molecule has 0 aromatic heterocycles. The molecule has 0 aliphatic rings. The third kappa shape index (κ3) is 4.88. The molecule has 0 unspecified atom stereocenters.